The Morgan fingerprint density at radius 2 is 2.26 bits per heavy atom. The second kappa shape index (κ2) is 6.01. The minimum Gasteiger partial charge on any atom is -0.353 e. The Bertz CT molecular complexity index is 535. The molecule has 104 valence electrons. The first kappa shape index (κ1) is 13.8. The average molecular weight is 283 g/mol. The molecule has 0 spiro atoms. The lowest BCUT2D eigenvalue weighted by Crippen LogP contribution is -2.49. The molecule has 1 aliphatic heterocycles. The molecule has 19 heavy (non-hydrogen) atoms. The molecule has 6 nitrogen and oxygen atoms in total. The number of aryl methyl sites for hydroxylation is 1. The van der Waals surface area contributed by atoms with Gasteiger partial charge in [-0.3, -0.25) is 14.4 Å². The van der Waals surface area contributed by atoms with Gasteiger partial charge in [-0.2, -0.15) is 0 Å². The van der Waals surface area contributed by atoms with Crippen molar-refractivity contribution in [2.24, 2.45) is 0 Å². The molecule has 0 saturated carbocycles. The van der Waals surface area contributed by atoms with Crippen molar-refractivity contribution in [3.8, 4) is 0 Å². The maximum absolute atomic E-state index is 11.9. The van der Waals surface area contributed by atoms with Crippen molar-refractivity contribution in [3.05, 3.63) is 20.7 Å². The van der Waals surface area contributed by atoms with Gasteiger partial charge >= 0.3 is 4.87 Å². The predicted molar refractivity (Wildman–Crippen MR) is 72.1 cm³/mol. The minimum absolute atomic E-state index is 0.0160. The van der Waals surface area contributed by atoms with E-state index >= 15 is 0 Å². The average Bonchev–Trinajstić information content (AvgIpc) is 2.70. The molecular weight excluding hydrogens is 266 g/mol. The summed E-state index contributed by atoms with van der Waals surface area (Å²) in [5.74, 6) is -0.125. The maximum Gasteiger partial charge on any atom is 0.307 e. The Morgan fingerprint density at radius 3 is 2.89 bits per heavy atom. The molecule has 1 aromatic heterocycles. The summed E-state index contributed by atoms with van der Waals surface area (Å²) in [5, 5.41) is 4.50. The second-order valence-corrected chi connectivity index (χ2v) is 5.38. The van der Waals surface area contributed by atoms with Gasteiger partial charge in [0.05, 0.1) is 6.54 Å². The van der Waals surface area contributed by atoms with E-state index in [2.05, 4.69) is 5.32 Å². The van der Waals surface area contributed by atoms with Crippen LogP contribution in [0.3, 0.4) is 0 Å². The highest BCUT2D eigenvalue weighted by atomic mass is 32.1. The molecule has 0 radical (unpaired) electrons. The summed E-state index contributed by atoms with van der Waals surface area (Å²) < 4.78 is 1.68. The molecular formula is C12H17N3O3S. The number of nitrogens with one attached hydrogen (secondary N) is 1. The van der Waals surface area contributed by atoms with Crippen LogP contribution in [0.5, 0.6) is 0 Å². The normalized spacial score (nSPS) is 15.4. The summed E-state index contributed by atoms with van der Waals surface area (Å²) in [6.07, 6.45) is 0.990. The molecule has 1 aromatic rings. The number of piperazine rings is 1. The lowest BCUT2D eigenvalue weighted by Gasteiger charge is -2.26. The number of carbonyl (C=O) groups excluding carboxylic acids is 2. The number of hydrogen-bond donors (Lipinski definition) is 1. The van der Waals surface area contributed by atoms with Crippen molar-refractivity contribution in [2.45, 2.75) is 26.3 Å². The standard InChI is InChI=1S/C12H17N3O3S/c1-9-8-19-12(18)15(9)5-2-3-11(17)14-6-4-13-10(16)7-14/h8H,2-7H2,1H3,(H,13,16). The summed E-state index contributed by atoms with van der Waals surface area (Å²) in [6, 6.07) is 0. The van der Waals surface area contributed by atoms with Crippen LogP contribution in [0.4, 0.5) is 0 Å². The molecule has 7 heteroatoms. The fourth-order valence-corrected chi connectivity index (χ4v) is 2.83. The zero-order valence-corrected chi connectivity index (χ0v) is 11.7. The zero-order chi connectivity index (χ0) is 13.8. The van der Waals surface area contributed by atoms with Gasteiger partial charge in [0, 0.05) is 37.1 Å². The Hall–Kier alpha value is -1.63. The molecule has 1 N–H and O–H groups in total. The molecule has 0 aliphatic carbocycles. The minimum atomic E-state index is -0.107. The summed E-state index contributed by atoms with van der Waals surface area (Å²) >= 11 is 1.18. The van der Waals surface area contributed by atoms with E-state index in [1.165, 1.54) is 11.3 Å². The van der Waals surface area contributed by atoms with Crippen LogP contribution in [0.2, 0.25) is 0 Å². The summed E-state index contributed by atoms with van der Waals surface area (Å²) in [6.45, 7) is 3.68. The second-order valence-electron chi connectivity index (χ2n) is 4.56. The SMILES string of the molecule is Cc1csc(=O)n1CCCC(=O)N1CCNC(=O)C1. The lowest BCUT2D eigenvalue weighted by molar-refractivity contribution is -0.138. The van der Waals surface area contributed by atoms with Gasteiger partial charge in [0.2, 0.25) is 11.8 Å². The first-order valence-electron chi connectivity index (χ1n) is 6.27. The van der Waals surface area contributed by atoms with Crippen molar-refractivity contribution >= 4 is 23.2 Å². The topological polar surface area (TPSA) is 71.4 Å². The van der Waals surface area contributed by atoms with E-state index < -0.39 is 0 Å². The van der Waals surface area contributed by atoms with Crippen LogP contribution in [0.1, 0.15) is 18.5 Å². The fraction of sp³-hybridized carbons (Fsp3) is 0.583. The van der Waals surface area contributed by atoms with Crippen molar-refractivity contribution in [1.82, 2.24) is 14.8 Å². The van der Waals surface area contributed by atoms with Gasteiger partial charge in [0.15, 0.2) is 0 Å². The largest absolute Gasteiger partial charge is 0.353 e. The number of hydrogen-bond acceptors (Lipinski definition) is 4. The van der Waals surface area contributed by atoms with E-state index in [9.17, 15) is 14.4 Å². The first-order chi connectivity index (χ1) is 9.08. The first-order valence-corrected chi connectivity index (χ1v) is 7.15. The third kappa shape index (κ3) is 3.44. The molecule has 0 atom stereocenters. The summed E-state index contributed by atoms with van der Waals surface area (Å²) in [7, 11) is 0. The number of amides is 2. The van der Waals surface area contributed by atoms with Crippen molar-refractivity contribution in [3.63, 3.8) is 0 Å². The van der Waals surface area contributed by atoms with Crippen LogP contribution in [-0.4, -0.2) is 40.9 Å². The van der Waals surface area contributed by atoms with Gasteiger partial charge in [-0.1, -0.05) is 11.3 Å². The number of aromatic nitrogens is 1. The summed E-state index contributed by atoms with van der Waals surface area (Å²) in [4.78, 5) is 36.2. The van der Waals surface area contributed by atoms with E-state index in [-0.39, 0.29) is 23.2 Å². The van der Waals surface area contributed by atoms with Gasteiger partial charge in [0.25, 0.3) is 0 Å². The highest BCUT2D eigenvalue weighted by molar-refractivity contribution is 7.07. The highest BCUT2D eigenvalue weighted by Gasteiger charge is 2.20. The Balaban J connectivity index is 1.81. The van der Waals surface area contributed by atoms with Gasteiger partial charge in [-0.05, 0) is 13.3 Å². The Labute approximate surface area is 115 Å². The van der Waals surface area contributed by atoms with E-state index in [1.54, 1.807) is 9.47 Å². The Kier molecular flexibility index (Phi) is 4.36. The van der Waals surface area contributed by atoms with Crippen LogP contribution >= 0.6 is 11.3 Å². The van der Waals surface area contributed by atoms with Crippen molar-refractivity contribution < 1.29 is 9.59 Å². The van der Waals surface area contributed by atoms with Crippen LogP contribution in [0.15, 0.2) is 10.2 Å². The molecule has 1 fully saturated rings. The van der Waals surface area contributed by atoms with Crippen molar-refractivity contribution in [1.29, 1.82) is 0 Å². The van der Waals surface area contributed by atoms with E-state index in [4.69, 9.17) is 0 Å². The van der Waals surface area contributed by atoms with Crippen LogP contribution < -0.4 is 10.2 Å². The molecule has 0 unspecified atom stereocenters. The number of carbonyl (C=O) groups is 2. The monoisotopic (exact) mass is 283 g/mol. The molecule has 2 amide bonds. The Morgan fingerprint density at radius 1 is 1.47 bits per heavy atom. The molecule has 2 rings (SSSR count). The maximum atomic E-state index is 11.9. The quantitative estimate of drug-likeness (QED) is 0.842. The lowest BCUT2D eigenvalue weighted by atomic mass is 10.2. The van der Waals surface area contributed by atoms with Gasteiger partial charge in [-0.15, -0.1) is 0 Å². The number of rotatable bonds is 4. The molecule has 1 aliphatic rings. The van der Waals surface area contributed by atoms with E-state index in [1.807, 2.05) is 12.3 Å². The van der Waals surface area contributed by atoms with Crippen LogP contribution in [0.25, 0.3) is 0 Å². The fourth-order valence-electron chi connectivity index (χ4n) is 2.07. The van der Waals surface area contributed by atoms with Gasteiger partial charge in [-0.25, -0.2) is 0 Å². The third-order valence-corrected chi connectivity index (χ3v) is 4.02. The van der Waals surface area contributed by atoms with Gasteiger partial charge in [0.1, 0.15) is 0 Å². The van der Waals surface area contributed by atoms with Crippen LogP contribution in [0, 0.1) is 6.92 Å². The van der Waals surface area contributed by atoms with E-state index in [0.29, 0.717) is 32.5 Å². The third-order valence-electron chi connectivity index (χ3n) is 3.14. The number of nitrogens with zero attached hydrogens (tertiary/aromatic N) is 2. The van der Waals surface area contributed by atoms with Gasteiger partial charge < -0.3 is 14.8 Å². The van der Waals surface area contributed by atoms with Crippen molar-refractivity contribution in [2.75, 3.05) is 19.6 Å². The van der Waals surface area contributed by atoms with Crippen LogP contribution in [-0.2, 0) is 16.1 Å². The number of thiazole rings is 1. The molecule has 2 heterocycles. The van der Waals surface area contributed by atoms with E-state index in [0.717, 1.165) is 5.69 Å². The smallest absolute Gasteiger partial charge is 0.307 e. The molecule has 1 saturated heterocycles. The molecule has 0 bridgehead atoms. The predicted octanol–water partition coefficient (Wildman–Crippen LogP) is -0.0432. The molecule has 0 aromatic carbocycles. The summed E-state index contributed by atoms with van der Waals surface area (Å²) in [5.41, 5.74) is 0.930. The highest BCUT2D eigenvalue weighted by Crippen LogP contribution is 2.05. The zero-order valence-electron chi connectivity index (χ0n) is 10.8.